The van der Waals surface area contributed by atoms with Crippen LogP contribution in [0.4, 0.5) is 0 Å². The normalized spacial score (nSPS) is 20.2. The lowest BCUT2D eigenvalue weighted by Crippen LogP contribution is -2.33. The van der Waals surface area contributed by atoms with E-state index in [-0.39, 0.29) is 16.3 Å². The average molecular weight is 363 g/mol. The Bertz CT molecular complexity index is 710. The first kappa shape index (κ1) is 17.0. The minimum atomic E-state index is -1.09. The van der Waals surface area contributed by atoms with Crippen LogP contribution in [0.15, 0.2) is 29.2 Å². The summed E-state index contributed by atoms with van der Waals surface area (Å²) in [4.78, 5) is 24.7. The van der Waals surface area contributed by atoms with E-state index >= 15 is 0 Å². The van der Waals surface area contributed by atoms with E-state index in [1.165, 1.54) is 12.8 Å². The standard InChI is InChI=1S/C17H17NO4S2/c19-15(20)10-18-16(21)14(24-17(18)23)9-11-5-1-4-8-13(11)22-12-6-2-3-7-12/h1,4-5,8-9,12H,2-3,6-7,10H2,(H,19,20)/b14-9+. The number of nitrogens with zero attached hydrogens (tertiary/aromatic N) is 1. The molecule has 24 heavy (non-hydrogen) atoms. The molecular formula is C17H17NO4S2. The van der Waals surface area contributed by atoms with Gasteiger partial charge in [-0.25, -0.2) is 0 Å². The van der Waals surface area contributed by atoms with Gasteiger partial charge in [0, 0.05) is 5.56 Å². The third-order valence-corrected chi connectivity index (χ3v) is 5.35. The van der Waals surface area contributed by atoms with Crippen molar-refractivity contribution in [1.29, 1.82) is 0 Å². The number of carboxylic acid groups (broad SMARTS) is 1. The van der Waals surface area contributed by atoms with Gasteiger partial charge in [0.15, 0.2) is 0 Å². The maximum Gasteiger partial charge on any atom is 0.323 e. The minimum absolute atomic E-state index is 0.223. The molecule has 2 fully saturated rings. The van der Waals surface area contributed by atoms with Crippen LogP contribution in [0.25, 0.3) is 6.08 Å². The second kappa shape index (κ2) is 7.36. The quantitative estimate of drug-likeness (QED) is 0.640. The highest BCUT2D eigenvalue weighted by Gasteiger charge is 2.33. The molecule has 1 N–H and O–H groups in total. The fraction of sp³-hybridized carbons (Fsp3) is 0.353. The molecule has 1 aromatic carbocycles. The molecule has 1 saturated heterocycles. The Morgan fingerprint density at radius 2 is 2.08 bits per heavy atom. The molecule has 1 aromatic rings. The smallest absolute Gasteiger partial charge is 0.323 e. The maximum absolute atomic E-state index is 12.4. The van der Waals surface area contributed by atoms with Gasteiger partial charge in [-0.1, -0.05) is 42.2 Å². The number of aliphatic carboxylic acids is 1. The van der Waals surface area contributed by atoms with E-state index in [2.05, 4.69) is 0 Å². The van der Waals surface area contributed by atoms with Gasteiger partial charge in [0.05, 0.1) is 11.0 Å². The Labute approximate surface area is 149 Å². The van der Waals surface area contributed by atoms with Crippen molar-refractivity contribution in [1.82, 2.24) is 4.90 Å². The molecule has 126 valence electrons. The molecule has 7 heteroatoms. The van der Waals surface area contributed by atoms with Crippen LogP contribution in [0, 0.1) is 0 Å². The molecule has 5 nitrogen and oxygen atoms in total. The average Bonchev–Trinajstić information content (AvgIpc) is 3.13. The fourth-order valence-corrected chi connectivity index (χ4v) is 4.05. The highest BCUT2D eigenvalue weighted by molar-refractivity contribution is 8.26. The molecule has 0 radical (unpaired) electrons. The number of ether oxygens (including phenoxy) is 1. The molecule has 0 aromatic heterocycles. The molecule has 1 aliphatic carbocycles. The molecule has 1 aliphatic heterocycles. The summed E-state index contributed by atoms with van der Waals surface area (Å²) in [5.41, 5.74) is 0.806. The monoisotopic (exact) mass is 363 g/mol. The number of rotatable bonds is 5. The molecule has 3 rings (SSSR count). The Hall–Kier alpha value is -1.86. The van der Waals surface area contributed by atoms with Gasteiger partial charge in [-0.3, -0.25) is 14.5 Å². The largest absolute Gasteiger partial charge is 0.490 e. The zero-order chi connectivity index (χ0) is 17.1. The predicted octanol–water partition coefficient (Wildman–Crippen LogP) is 3.29. The third-order valence-electron chi connectivity index (χ3n) is 3.97. The van der Waals surface area contributed by atoms with Crippen LogP contribution in [0.1, 0.15) is 31.2 Å². The number of carbonyl (C=O) groups excluding carboxylic acids is 1. The Morgan fingerprint density at radius 3 is 2.79 bits per heavy atom. The second-order valence-corrected chi connectivity index (χ2v) is 7.40. The van der Waals surface area contributed by atoms with Crippen LogP contribution in [0.2, 0.25) is 0 Å². The summed E-state index contributed by atoms with van der Waals surface area (Å²) in [6, 6.07) is 7.55. The van der Waals surface area contributed by atoms with Crippen LogP contribution in [0.5, 0.6) is 5.75 Å². The number of benzene rings is 1. The number of para-hydroxylation sites is 1. The lowest BCUT2D eigenvalue weighted by Gasteiger charge is -2.15. The van der Waals surface area contributed by atoms with Gasteiger partial charge in [-0.2, -0.15) is 0 Å². The number of thioether (sulfide) groups is 1. The van der Waals surface area contributed by atoms with Crippen molar-refractivity contribution in [2.24, 2.45) is 0 Å². The lowest BCUT2D eigenvalue weighted by molar-refractivity contribution is -0.140. The van der Waals surface area contributed by atoms with Gasteiger partial charge >= 0.3 is 5.97 Å². The van der Waals surface area contributed by atoms with E-state index in [0.29, 0.717) is 4.91 Å². The molecule has 2 aliphatic rings. The van der Waals surface area contributed by atoms with Gasteiger partial charge in [-0.05, 0) is 37.8 Å². The molecular weight excluding hydrogens is 346 g/mol. The number of amides is 1. The molecule has 1 saturated carbocycles. The van der Waals surface area contributed by atoms with Crippen LogP contribution in [-0.2, 0) is 9.59 Å². The van der Waals surface area contributed by atoms with E-state index in [0.717, 1.165) is 40.8 Å². The first-order valence-electron chi connectivity index (χ1n) is 7.77. The third kappa shape index (κ3) is 3.79. The van der Waals surface area contributed by atoms with Crippen LogP contribution in [0.3, 0.4) is 0 Å². The molecule has 1 heterocycles. The van der Waals surface area contributed by atoms with Crippen molar-refractivity contribution < 1.29 is 19.4 Å². The zero-order valence-corrected chi connectivity index (χ0v) is 14.6. The SMILES string of the molecule is O=C(O)CN1C(=O)/C(=C\c2ccccc2OC2CCCC2)SC1=S. The van der Waals surface area contributed by atoms with Crippen molar-refractivity contribution in [3.05, 3.63) is 34.7 Å². The molecule has 0 bridgehead atoms. The van der Waals surface area contributed by atoms with Gasteiger partial charge < -0.3 is 9.84 Å². The van der Waals surface area contributed by atoms with E-state index < -0.39 is 12.5 Å². The number of hydrogen-bond acceptors (Lipinski definition) is 5. The summed E-state index contributed by atoms with van der Waals surface area (Å²) in [5.74, 6) is -0.714. The van der Waals surface area contributed by atoms with E-state index in [4.69, 9.17) is 22.1 Å². The number of thiocarbonyl (C=S) groups is 1. The summed E-state index contributed by atoms with van der Waals surface area (Å²) < 4.78 is 6.33. The summed E-state index contributed by atoms with van der Waals surface area (Å²) >= 11 is 6.23. The fourth-order valence-electron chi connectivity index (χ4n) is 2.81. The summed E-state index contributed by atoms with van der Waals surface area (Å²) in [6.45, 7) is -0.414. The topological polar surface area (TPSA) is 66.8 Å². The van der Waals surface area contributed by atoms with Crippen molar-refractivity contribution >= 4 is 46.3 Å². The summed E-state index contributed by atoms with van der Waals surface area (Å²) in [6.07, 6.45) is 6.41. The summed E-state index contributed by atoms with van der Waals surface area (Å²) in [7, 11) is 0. The Morgan fingerprint density at radius 1 is 1.38 bits per heavy atom. The Balaban J connectivity index is 1.82. The van der Waals surface area contributed by atoms with E-state index in [9.17, 15) is 9.59 Å². The van der Waals surface area contributed by atoms with E-state index in [1.807, 2.05) is 24.3 Å². The number of carboxylic acids is 1. The van der Waals surface area contributed by atoms with Crippen LogP contribution < -0.4 is 4.74 Å². The van der Waals surface area contributed by atoms with Gasteiger partial charge in [0.25, 0.3) is 5.91 Å². The van der Waals surface area contributed by atoms with Crippen molar-refractivity contribution in [2.45, 2.75) is 31.8 Å². The number of carbonyl (C=O) groups is 2. The Kier molecular flexibility index (Phi) is 5.20. The van der Waals surface area contributed by atoms with Gasteiger partial charge in [0.2, 0.25) is 0 Å². The second-order valence-electron chi connectivity index (χ2n) is 5.72. The van der Waals surface area contributed by atoms with Crippen LogP contribution >= 0.6 is 24.0 Å². The van der Waals surface area contributed by atoms with Gasteiger partial charge in [0.1, 0.15) is 16.6 Å². The number of hydrogen-bond donors (Lipinski definition) is 1. The molecule has 0 atom stereocenters. The van der Waals surface area contributed by atoms with Crippen LogP contribution in [-0.4, -0.2) is 38.9 Å². The van der Waals surface area contributed by atoms with Gasteiger partial charge in [-0.15, -0.1) is 0 Å². The first-order valence-corrected chi connectivity index (χ1v) is 9.00. The lowest BCUT2D eigenvalue weighted by atomic mass is 10.1. The predicted molar refractivity (Wildman–Crippen MR) is 96.8 cm³/mol. The molecule has 1 amide bonds. The van der Waals surface area contributed by atoms with Crippen molar-refractivity contribution in [3.8, 4) is 5.75 Å². The van der Waals surface area contributed by atoms with E-state index in [1.54, 1.807) is 6.08 Å². The zero-order valence-electron chi connectivity index (χ0n) is 12.9. The van der Waals surface area contributed by atoms with Crippen molar-refractivity contribution in [3.63, 3.8) is 0 Å². The maximum atomic E-state index is 12.4. The highest BCUT2D eigenvalue weighted by Crippen LogP contribution is 2.35. The molecule has 0 spiro atoms. The molecule has 0 unspecified atom stereocenters. The van der Waals surface area contributed by atoms with Crippen molar-refractivity contribution in [2.75, 3.05) is 6.54 Å². The summed E-state index contributed by atoms with van der Waals surface area (Å²) in [5, 5.41) is 8.89. The highest BCUT2D eigenvalue weighted by atomic mass is 32.2. The first-order chi connectivity index (χ1) is 11.5. The minimum Gasteiger partial charge on any atom is -0.490 e.